The van der Waals surface area contributed by atoms with Gasteiger partial charge < -0.3 is 4.42 Å². The van der Waals surface area contributed by atoms with Gasteiger partial charge in [-0.15, -0.1) is 0 Å². The number of aromatic nitrogens is 2. The third kappa shape index (κ3) is 3.08. The Labute approximate surface area is 212 Å². The highest BCUT2D eigenvalue weighted by Gasteiger charge is 2.13. The average molecular weight is 473 g/mol. The molecule has 0 aliphatic heterocycles. The molecule has 37 heavy (non-hydrogen) atoms. The van der Waals surface area contributed by atoms with Crippen LogP contribution in [0.25, 0.3) is 76.9 Å². The van der Waals surface area contributed by atoms with E-state index in [1.165, 1.54) is 10.8 Å². The second-order valence-corrected chi connectivity index (χ2v) is 9.43. The van der Waals surface area contributed by atoms with Crippen LogP contribution < -0.4 is 0 Å². The largest absolute Gasteiger partial charge is 0.456 e. The summed E-state index contributed by atoms with van der Waals surface area (Å²) in [5.41, 5.74) is 7.87. The highest BCUT2D eigenvalue weighted by atomic mass is 16.3. The molecule has 0 radical (unpaired) electrons. The number of hydrogen-bond acceptors (Lipinski definition) is 3. The van der Waals surface area contributed by atoms with Crippen LogP contribution in [0, 0.1) is 0 Å². The molecule has 2 aromatic heterocycles. The first-order chi connectivity index (χ1) is 18.3. The van der Waals surface area contributed by atoms with Crippen molar-refractivity contribution in [2.24, 2.45) is 0 Å². The van der Waals surface area contributed by atoms with Gasteiger partial charge in [0.1, 0.15) is 11.2 Å². The van der Waals surface area contributed by atoms with Gasteiger partial charge in [0.2, 0.25) is 0 Å². The molecule has 3 nitrogen and oxygen atoms in total. The summed E-state index contributed by atoms with van der Waals surface area (Å²) < 4.78 is 6.02. The van der Waals surface area contributed by atoms with Crippen molar-refractivity contribution in [3.05, 3.63) is 121 Å². The van der Waals surface area contributed by atoms with Gasteiger partial charge in [-0.05, 0) is 46.2 Å². The molecule has 0 aliphatic rings. The van der Waals surface area contributed by atoms with Crippen molar-refractivity contribution < 1.29 is 4.42 Å². The lowest BCUT2D eigenvalue weighted by atomic mass is 9.98. The van der Waals surface area contributed by atoms with Gasteiger partial charge in [-0.2, -0.15) is 0 Å². The van der Waals surface area contributed by atoms with E-state index in [0.29, 0.717) is 0 Å². The average Bonchev–Trinajstić information content (AvgIpc) is 3.35. The zero-order valence-corrected chi connectivity index (χ0v) is 19.8. The Morgan fingerprint density at radius 1 is 0.432 bits per heavy atom. The number of fused-ring (bicyclic) bond motifs is 9. The van der Waals surface area contributed by atoms with Crippen LogP contribution in [-0.4, -0.2) is 9.97 Å². The summed E-state index contributed by atoms with van der Waals surface area (Å²) >= 11 is 0. The van der Waals surface area contributed by atoms with Crippen molar-refractivity contribution >= 4 is 54.5 Å². The zero-order chi connectivity index (χ0) is 24.3. The van der Waals surface area contributed by atoms with Crippen LogP contribution in [0.15, 0.2) is 126 Å². The Bertz CT molecular complexity index is 2120. The van der Waals surface area contributed by atoms with Crippen LogP contribution >= 0.6 is 0 Å². The smallest absolute Gasteiger partial charge is 0.135 e. The summed E-state index contributed by atoms with van der Waals surface area (Å²) in [6.45, 7) is 0. The van der Waals surface area contributed by atoms with Crippen molar-refractivity contribution in [1.82, 2.24) is 9.97 Å². The molecule has 0 amide bonds. The van der Waals surface area contributed by atoms with Crippen molar-refractivity contribution in [2.45, 2.75) is 0 Å². The third-order valence-corrected chi connectivity index (χ3v) is 7.30. The van der Waals surface area contributed by atoms with E-state index in [-0.39, 0.29) is 0 Å². The summed E-state index contributed by atoms with van der Waals surface area (Å²) in [7, 11) is 0. The normalized spacial score (nSPS) is 11.8. The maximum Gasteiger partial charge on any atom is 0.135 e. The molecule has 0 unspecified atom stereocenters. The Kier molecular flexibility index (Phi) is 4.23. The van der Waals surface area contributed by atoms with Crippen LogP contribution in [-0.2, 0) is 0 Å². The summed E-state index contributed by atoms with van der Waals surface area (Å²) in [6, 6.07) is 40.0. The Balaban J connectivity index is 1.31. The lowest BCUT2D eigenvalue weighted by Gasteiger charge is -2.11. The van der Waals surface area contributed by atoms with Crippen molar-refractivity contribution in [3.8, 4) is 22.4 Å². The fraction of sp³-hybridized carbons (Fsp3) is 0. The van der Waals surface area contributed by atoms with Gasteiger partial charge in [0.15, 0.2) is 0 Å². The summed E-state index contributed by atoms with van der Waals surface area (Å²) in [5.74, 6) is 0. The van der Waals surface area contributed by atoms with Gasteiger partial charge in [-0.25, -0.2) is 4.98 Å². The van der Waals surface area contributed by atoms with Gasteiger partial charge >= 0.3 is 0 Å². The summed E-state index contributed by atoms with van der Waals surface area (Å²) in [5, 5.41) is 6.92. The topological polar surface area (TPSA) is 38.9 Å². The number of rotatable bonds is 2. The van der Waals surface area contributed by atoms with E-state index < -0.39 is 0 Å². The summed E-state index contributed by atoms with van der Waals surface area (Å²) in [6.07, 6.45) is 1.90. The first kappa shape index (κ1) is 20.2. The van der Waals surface area contributed by atoms with Gasteiger partial charge in [-0.3, -0.25) is 4.98 Å². The minimum atomic E-state index is 0.865. The van der Waals surface area contributed by atoms with Crippen LogP contribution in [0.3, 0.4) is 0 Å². The van der Waals surface area contributed by atoms with E-state index in [1.54, 1.807) is 0 Å². The third-order valence-electron chi connectivity index (χ3n) is 7.30. The zero-order valence-electron chi connectivity index (χ0n) is 19.8. The Morgan fingerprint density at radius 3 is 1.86 bits per heavy atom. The van der Waals surface area contributed by atoms with Crippen molar-refractivity contribution in [1.29, 1.82) is 0 Å². The lowest BCUT2D eigenvalue weighted by Crippen LogP contribution is -1.92. The van der Waals surface area contributed by atoms with E-state index in [1.807, 2.05) is 18.3 Å². The van der Waals surface area contributed by atoms with E-state index >= 15 is 0 Å². The molecule has 8 rings (SSSR count). The summed E-state index contributed by atoms with van der Waals surface area (Å²) in [4.78, 5) is 10.1. The molecule has 0 spiro atoms. The van der Waals surface area contributed by atoms with Crippen LogP contribution in [0.5, 0.6) is 0 Å². The predicted molar refractivity (Wildman–Crippen MR) is 153 cm³/mol. The van der Waals surface area contributed by atoms with Crippen molar-refractivity contribution in [2.75, 3.05) is 0 Å². The molecule has 0 atom stereocenters. The molecule has 0 saturated carbocycles. The van der Waals surface area contributed by atoms with Crippen LogP contribution in [0.2, 0.25) is 0 Å². The minimum absolute atomic E-state index is 0.865. The highest BCUT2D eigenvalue weighted by Crippen LogP contribution is 2.36. The SMILES string of the molecule is c1cc(-c2ccc3oc4ccccc4c3c2)cc(-c2cnc3c4ccccc4c4ccccc4c3n2)c1. The molecule has 0 fully saturated rings. The fourth-order valence-corrected chi connectivity index (χ4v) is 5.53. The number of benzene rings is 6. The lowest BCUT2D eigenvalue weighted by molar-refractivity contribution is 0.669. The molecule has 0 N–H and O–H groups in total. The second-order valence-electron chi connectivity index (χ2n) is 9.43. The minimum Gasteiger partial charge on any atom is -0.456 e. The van der Waals surface area contributed by atoms with E-state index in [2.05, 4.69) is 103 Å². The predicted octanol–water partition coefficient (Wildman–Crippen LogP) is 9.17. The van der Waals surface area contributed by atoms with E-state index in [9.17, 15) is 0 Å². The molecule has 0 bridgehead atoms. The standard InChI is InChI=1S/C34H20N2O/c1-3-13-27-24(10-1)25-11-2-4-14-28(25)34-33(27)35-20-30(36-34)23-9-7-8-21(18-23)22-16-17-32-29(19-22)26-12-5-6-15-31(26)37-32/h1-20H. The van der Waals surface area contributed by atoms with Gasteiger partial charge in [0.05, 0.1) is 22.9 Å². The quantitative estimate of drug-likeness (QED) is 0.235. The molecule has 3 heteroatoms. The van der Waals surface area contributed by atoms with Crippen molar-refractivity contribution in [3.63, 3.8) is 0 Å². The molecular formula is C34H20N2O. The van der Waals surface area contributed by atoms with Crippen LogP contribution in [0.4, 0.5) is 0 Å². The van der Waals surface area contributed by atoms with E-state index in [0.717, 1.165) is 66.1 Å². The Morgan fingerprint density at radius 2 is 1.05 bits per heavy atom. The number of hydrogen-bond donors (Lipinski definition) is 0. The number of nitrogens with zero attached hydrogens (tertiary/aromatic N) is 2. The molecule has 6 aromatic carbocycles. The van der Waals surface area contributed by atoms with Gasteiger partial charge in [-0.1, -0.05) is 91.0 Å². The first-order valence-corrected chi connectivity index (χ1v) is 12.4. The number of para-hydroxylation sites is 1. The Hall–Kier alpha value is -5.02. The van der Waals surface area contributed by atoms with E-state index in [4.69, 9.17) is 14.4 Å². The molecule has 2 heterocycles. The molecule has 172 valence electrons. The molecule has 8 aromatic rings. The molecular weight excluding hydrogens is 452 g/mol. The van der Waals surface area contributed by atoms with Gasteiger partial charge in [0, 0.05) is 27.1 Å². The maximum atomic E-state index is 6.02. The first-order valence-electron chi connectivity index (χ1n) is 12.4. The van der Waals surface area contributed by atoms with Crippen LogP contribution in [0.1, 0.15) is 0 Å². The monoisotopic (exact) mass is 472 g/mol. The second kappa shape index (κ2) is 7.74. The maximum absolute atomic E-state index is 6.02. The fourth-order valence-electron chi connectivity index (χ4n) is 5.53. The molecule has 0 aliphatic carbocycles. The highest BCUT2D eigenvalue weighted by molar-refractivity contribution is 6.23. The van der Waals surface area contributed by atoms with Gasteiger partial charge in [0.25, 0.3) is 0 Å². The molecule has 0 saturated heterocycles. The number of furan rings is 1.